The number of aromatic amines is 2. The standard InChI is InChI=1S/C35H35Cl4N11/c36-25-3-1-22(15-27(25)38)17-34(6-11-49(12-7-34)32-24-5-10-40-30(24)42-20-45-32)47-48-35(18-23-2-4-26(37)28(39)16-23)8-13-50(14-9-35)33-29-31(43-19-41-29)44-21-46-33/h1-5,10,15-16,19-21,47-48H,6-9,11-14,17-18H2,(H,40,42,45)(H,41,43,44,46). The van der Waals surface area contributed by atoms with Crippen LogP contribution in [0.4, 0.5) is 11.6 Å². The van der Waals surface area contributed by atoms with Gasteiger partial charge in [-0.1, -0.05) is 58.5 Å². The first-order chi connectivity index (χ1) is 24.3. The highest BCUT2D eigenvalue weighted by molar-refractivity contribution is 6.42. The Morgan fingerprint density at radius 2 is 1.14 bits per heavy atom. The smallest absolute Gasteiger partial charge is 0.162 e. The number of rotatable bonds is 9. The number of nitrogens with zero attached hydrogens (tertiary/aromatic N) is 7. The minimum absolute atomic E-state index is 0.284. The van der Waals surface area contributed by atoms with Crippen LogP contribution in [-0.2, 0) is 12.8 Å². The van der Waals surface area contributed by atoms with Gasteiger partial charge in [-0.3, -0.25) is 10.9 Å². The third-order valence-corrected chi connectivity index (χ3v) is 11.7. The van der Waals surface area contributed by atoms with Crippen molar-refractivity contribution >= 4 is 80.2 Å². The number of nitrogens with one attached hydrogen (secondary N) is 4. The van der Waals surface area contributed by atoms with Gasteiger partial charge in [0.05, 0.1) is 31.8 Å². The number of H-pyrrole nitrogens is 2. The zero-order valence-electron chi connectivity index (χ0n) is 27.1. The summed E-state index contributed by atoms with van der Waals surface area (Å²) in [5.41, 5.74) is 11.9. The lowest BCUT2D eigenvalue weighted by Crippen LogP contribution is -2.67. The number of anilines is 2. The van der Waals surface area contributed by atoms with Crippen LogP contribution in [0.5, 0.6) is 0 Å². The summed E-state index contributed by atoms with van der Waals surface area (Å²) in [7, 11) is 0. The molecule has 6 heterocycles. The minimum atomic E-state index is -0.295. The van der Waals surface area contributed by atoms with Gasteiger partial charge in [-0.05, 0) is 80.0 Å². The van der Waals surface area contributed by atoms with Crippen LogP contribution in [0.25, 0.3) is 22.2 Å². The monoisotopic (exact) mass is 749 g/mol. The number of hydrogen-bond donors (Lipinski definition) is 4. The zero-order valence-corrected chi connectivity index (χ0v) is 30.1. The summed E-state index contributed by atoms with van der Waals surface area (Å²) in [6.07, 6.45) is 11.7. The molecule has 0 saturated carbocycles. The average Bonchev–Trinajstić information content (AvgIpc) is 3.82. The fourth-order valence-electron chi connectivity index (χ4n) is 7.42. The van der Waals surface area contributed by atoms with Crippen molar-refractivity contribution in [2.24, 2.45) is 0 Å². The maximum atomic E-state index is 6.52. The van der Waals surface area contributed by atoms with E-state index in [9.17, 15) is 0 Å². The Bertz CT molecular complexity index is 1980. The van der Waals surface area contributed by atoms with Gasteiger partial charge in [-0.2, -0.15) is 0 Å². The highest BCUT2D eigenvalue weighted by atomic mass is 35.5. The molecule has 0 amide bonds. The van der Waals surface area contributed by atoms with Crippen molar-refractivity contribution in [1.82, 2.24) is 45.7 Å². The Morgan fingerprint density at radius 1 is 0.600 bits per heavy atom. The van der Waals surface area contributed by atoms with Crippen molar-refractivity contribution in [3.63, 3.8) is 0 Å². The summed E-state index contributed by atoms with van der Waals surface area (Å²) >= 11 is 25.7. The van der Waals surface area contributed by atoms with E-state index in [1.54, 1.807) is 19.0 Å². The van der Waals surface area contributed by atoms with Gasteiger partial charge in [0.25, 0.3) is 0 Å². The molecule has 0 atom stereocenters. The van der Waals surface area contributed by atoms with E-state index in [0.717, 1.165) is 110 Å². The van der Waals surface area contributed by atoms with Gasteiger partial charge in [0, 0.05) is 43.5 Å². The van der Waals surface area contributed by atoms with Gasteiger partial charge >= 0.3 is 0 Å². The van der Waals surface area contributed by atoms with Crippen LogP contribution in [0, 0.1) is 0 Å². The molecule has 0 aliphatic carbocycles. The molecule has 0 radical (unpaired) electrons. The van der Waals surface area contributed by atoms with Gasteiger partial charge < -0.3 is 19.8 Å². The number of hydrogen-bond acceptors (Lipinski definition) is 9. The molecule has 0 spiro atoms. The second kappa shape index (κ2) is 13.8. The third kappa shape index (κ3) is 6.70. The number of halogens is 4. The molecule has 0 unspecified atom stereocenters. The predicted octanol–water partition coefficient (Wildman–Crippen LogP) is 7.20. The van der Waals surface area contributed by atoms with Crippen molar-refractivity contribution in [2.45, 2.75) is 49.6 Å². The summed E-state index contributed by atoms with van der Waals surface area (Å²) in [6, 6.07) is 13.9. The topological polar surface area (TPSA) is 127 Å². The van der Waals surface area contributed by atoms with Crippen molar-refractivity contribution < 1.29 is 0 Å². The number of benzene rings is 2. The SMILES string of the molecule is Clc1ccc(CC2(NNC3(Cc4ccc(Cl)c(Cl)c4)CCN(c4ncnc5[nH]cnc45)CC3)CCN(c3ncnc4[nH]ccc34)CC2)cc1Cl. The first-order valence-corrected chi connectivity index (χ1v) is 18.1. The number of aromatic nitrogens is 7. The lowest BCUT2D eigenvalue weighted by molar-refractivity contribution is 0.145. The number of piperidine rings is 2. The number of fused-ring (bicyclic) bond motifs is 2. The lowest BCUT2D eigenvalue weighted by atomic mass is 9.80. The minimum Gasteiger partial charge on any atom is -0.356 e. The first-order valence-electron chi connectivity index (χ1n) is 16.6. The Hall–Kier alpha value is -3.71. The van der Waals surface area contributed by atoms with Crippen molar-refractivity contribution in [3.05, 3.63) is 98.9 Å². The molecule has 0 bridgehead atoms. The van der Waals surface area contributed by atoms with Crippen molar-refractivity contribution in [3.8, 4) is 0 Å². The van der Waals surface area contributed by atoms with E-state index in [-0.39, 0.29) is 11.1 Å². The van der Waals surface area contributed by atoms with Crippen LogP contribution in [0.1, 0.15) is 36.8 Å². The highest BCUT2D eigenvalue weighted by Crippen LogP contribution is 2.36. The second-order valence-electron chi connectivity index (χ2n) is 13.4. The van der Waals surface area contributed by atoms with E-state index in [1.165, 1.54) is 0 Å². The fourth-order valence-corrected chi connectivity index (χ4v) is 8.07. The van der Waals surface area contributed by atoms with Crippen LogP contribution in [0.3, 0.4) is 0 Å². The number of imidazole rings is 1. The Balaban J connectivity index is 1.07. The second-order valence-corrected chi connectivity index (χ2v) is 15.0. The molecule has 2 saturated heterocycles. The first kappa shape index (κ1) is 33.4. The van der Waals surface area contributed by atoms with Crippen LogP contribution >= 0.6 is 46.4 Å². The number of hydrazine groups is 1. The Morgan fingerprint density at radius 3 is 1.72 bits per heavy atom. The van der Waals surface area contributed by atoms with E-state index in [0.29, 0.717) is 20.1 Å². The normalized spacial score (nSPS) is 17.5. The molecule has 50 heavy (non-hydrogen) atoms. The van der Waals surface area contributed by atoms with Gasteiger partial charge in [0.2, 0.25) is 0 Å². The largest absolute Gasteiger partial charge is 0.356 e. The summed E-state index contributed by atoms with van der Waals surface area (Å²) in [5, 5.41) is 3.23. The molecule has 6 aromatic rings. The van der Waals surface area contributed by atoms with Gasteiger partial charge in [0.15, 0.2) is 11.5 Å². The van der Waals surface area contributed by atoms with E-state index in [4.69, 9.17) is 46.4 Å². The molecule has 2 aliphatic rings. The third-order valence-electron chi connectivity index (χ3n) is 10.2. The molecule has 4 aromatic heterocycles. The quantitative estimate of drug-likeness (QED) is 0.114. The lowest BCUT2D eigenvalue weighted by Gasteiger charge is -2.48. The molecule has 4 N–H and O–H groups in total. The van der Waals surface area contributed by atoms with E-state index >= 15 is 0 Å². The summed E-state index contributed by atoms with van der Waals surface area (Å²) in [6.45, 7) is 3.19. The fraction of sp³-hybridized carbons (Fsp3) is 0.343. The molecule has 8 rings (SSSR count). The van der Waals surface area contributed by atoms with E-state index in [1.807, 2.05) is 36.5 Å². The summed E-state index contributed by atoms with van der Waals surface area (Å²) in [4.78, 5) is 33.5. The summed E-state index contributed by atoms with van der Waals surface area (Å²) < 4.78 is 0. The Labute approximate surface area is 309 Å². The van der Waals surface area contributed by atoms with Crippen LogP contribution in [0.2, 0.25) is 20.1 Å². The predicted molar refractivity (Wildman–Crippen MR) is 201 cm³/mol. The molecule has 15 heteroatoms. The van der Waals surface area contributed by atoms with Crippen molar-refractivity contribution in [1.29, 1.82) is 0 Å². The Kier molecular flexibility index (Phi) is 9.22. The van der Waals surface area contributed by atoms with Gasteiger partial charge in [-0.15, -0.1) is 0 Å². The molecule has 2 aromatic carbocycles. The molecule has 11 nitrogen and oxygen atoms in total. The van der Waals surface area contributed by atoms with Crippen LogP contribution in [0.15, 0.2) is 67.6 Å². The highest BCUT2D eigenvalue weighted by Gasteiger charge is 2.41. The average molecular weight is 752 g/mol. The molecule has 2 aliphatic heterocycles. The maximum Gasteiger partial charge on any atom is 0.162 e. The van der Waals surface area contributed by atoms with Gasteiger partial charge in [-0.25, -0.2) is 24.9 Å². The maximum absolute atomic E-state index is 6.52. The molecule has 258 valence electrons. The van der Waals surface area contributed by atoms with Crippen molar-refractivity contribution in [2.75, 3.05) is 36.0 Å². The molecular weight excluding hydrogens is 716 g/mol. The summed E-state index contributed by atoms with van der Waals surface area (Å²) in [5.74, 6) is 1.80. The zero-order chi connectivity index (χ0) is 34.3. The van der Waals surface area contributed by atoms with Crippen LogP contribution in [-0.4, -0.2) is 72.1 Å². The molecular formula is C35H35Cl4N11. The van der Waals surface area contributed by atoms with Crippen LogP contribution < -0.4 is 20.7 Å². The van der Waals surface area contributed by atoms with E-state index in [2.05, 4.69) is 67.7 Å². The molecule has 2 fully saturated rings. The van der Waals surface area contributed by atoms with Gasteiger partial charge in [0.1, 0.15) is 29.6 Å². The van der Waals surface area contributed by atoms with E-state index < -0.39 is 0 Å².